The lowest BCUT2D eigenvalue weighted by molar-refractivity contribution is 0.0788. The highest BCUT2D eigenvalue weighted by atomic mass is 16.5. The van der Waals surface area contributed by atoms with Gasteiger partial charge in [-0.2, -0.15) is 0 Å². The molecule has 2 heteroatoms. The van der Waals surface area contributed by atoms with E-state index in [2.05, 4.69) is 57.3 Å². The van der Waals surface area contributed by atoms with Crippen LogP contribution in [0.4, 0.5) is 0 Å². The Bertz CT molecular complexity index is 321. The van der Waals surface area contributed by atoms with Crippen molar-refractivity contribution in [3.05, 3.63) is 35.9 Å². The van der Waals surface area contributed by atoms with Gasteiger partial charge in [0.1, 0.15) is 0 Å². The molecule has 0 amide bonds. The van der Waals surface area contributed by atoms with Gasteiger partial charge < -0.3 is 10.1 Å². The summed E-state index contributed by atoms with van der Waals surface area (Å²) >= 11 is 0. The third-order valence-electron chi connectivity index (χ3n) is 3.08. The molecule has 1 aromatic rings. The maximum absolute atomic E-state index is 5.88. The van der Waals surface area contributed by atoms with Crippen LogP contribution in [0, 0.1) is 11.8 Å². The highest BCUT2D eigenvalue weighted by Crippen LogP contribution is 2.13. The normalized spacial score (nSPS) is 13.2. The standard InChI is InChI=1S/C17H29NO/c1-14(2)10-17(11-18-15(3)4)13-19-12-16-8-6-5-7-9-16/h5-9,14-15,17-18H,10-13H2,1-4H3. The monoisotopic (exact) mass is 263 g/mol. The first-order chi connectivity index (χ1) is 9.08. The third kappa shape index (κ3) is 8.02. The average molecular weight is 263 g/mol. The quantitative estimate of drug-likeness (QED) is 0.730. The lowest BCUT2D eigenvalue weighted by Gasteiger charge is -2.21. The topological polar surface area (TPSA) is 21.3 Å². The lowest BCUT2D eigenvalue weighted by atomic mass is 9.97. The molecule has 0 aliphatic rings. The molecule has 0 heterocycles. The number of rotatable bonds is 9. The van der Waals surface area contributed by atoms with Crippen molar-refractivity contribution < 1.29 is 4.74 Å². The van der Waals surface area contributed by atoms with E-state index in [1.165, 1.54) is 12.0 Å². The molecule has 19 heavy (non-hydrogen) atoms. The molecular formula is C17H29NO. The van der Waals surface area contributed by atoms with E-state index < -0.39 is 0 Å². The minimum absolute atomic E-state index is 0.545. The van der Waals surface area contributed by atoms with E-state index in [1.807, 2.05) is 6.07 Å². The lowest BCUT2D eigenvalue weighted by Crippen LogP contribution is -2.31. The van der Waals surface area contributed by atoms with Crippen molar-refractivity contribution in [3.63, 3.8) is 0 Å². The number of ether oxygens (including phenoxy) is 1. The summed E-state index contributed by atoms with van der Waals surface area (Å²) in [7, 11) is 0. The zero-order chi connectivity index (χ0) is 14.1. The summed E-state index contributed by atoms with van der Waals surface area (Å²) in [5.74, 6) is 1.32. The first-order valence-corrected chi connectivity index (χ1v) is 7.43. The van der Waals surface area contributed by atoms with Crippen LogP contribution in [0.1, 0.15) is 39.7 Å². The van der Waals surface area contributed by atoms with Crippen molar-refractivity contribution in [2.45, 2.75) is 46.8 Å². The molecule has 1 N–H and O–H groups in total. The van der Waals surface area contributed by atoms with Crippen LogP contribution in [0.2, 0.25) is 0 Å². The van der Waals surface area contributed by atoms with Crippen LogP contribution < -0.4 is 5.32 Å². The first-order valence-electron chi connectivity index (χ1n) is 7.43. The fourth-order valence-corrected chi connectivity index (χ4v) is 2.20. The average Bonchev–Trinajstić information content (AvgIpc) is 2.36. The number of hydrogen-bond acceptors (Lipinski definition) is 2. The molecule has 0 saturated carbocycles. The maximum Gasteiger partial charge on any atom is 0.0717 e. The molecule has 0 aromatic heterocycles. The molecule has 1 unspecified atom stereocenters. The Morgan fingerprint density at radius 2 is 1.74 bits per heavy atom. The molecule has 0 aliphatic carbocycles. The van der Waals surface area contributed by atoms with Gasteiger partial charge in [0.25, 0.3) is 0 Å². The summed E-state index contributed by atoms with van der Waals surface area (Å²) in [5.41, 5.74) is 1.25. The fraction of sp³-hybridized carbons (Fsp3) is 0.647. The second-order valence-corrected chi connectivity index (χ2v) is 6.06. The smallest absolute Gasteiger partial charge is 0.0717 e. The number of hydrogen-bond donors (Lipinski definition) is 1. The van der Waals surface area contributed by atoms with Crippen LogP contribution in [-0.4, -0.2) is 19.2 Å². The molecule has 1 aromatic carbocycles. The van der Waals surface area contributed by atoms with Crippen LogP contribution >= 0.6 is 0 Å². The van der Waals surface area contributed by atoms with Crippen molar-refractivity contribution >= 4 is 0 Å². The molecular weight excluding hydrogens is 234 g/mol. The van der Waals surface area contributed by atoms with Gasteiger partial charge in [-0.05, 0) is 23.8 Å². The van der Waals surface area contributed by atoms with E-state index in [-0.39, 0.29) is 0 Å². The minimum atomic E-state index is 0.545. The number of benzene rings is 1. The Labute approximate surface area is 118 Å². The van der Waals surface area contributed by atoms with Crippen LogP contribution in [0.5, 0.6) is 0 Å². The highest BCUT2D eigenvalue weighted by Gasteiger charge is 2.11. The molecule has 108 valence electrons. The van der Waals surface area contributed by atoms with Crippen molar-refractivity contribution in [2.24, 2.45) is 11.8 Å². The highest BCUT2D eigenvalue weighted by molar-refractivity contribution is 5.13. The summed E-state index contributed by atoms with van der Waals surface area (Å²) in [6.45, 7) is 11.5. The predicted octanol–water partition coefficient (Wildman–Crippen LogP) is 3.86. The van der Waals surface area contributed by atoms with Gasteiger partial charge in [-0.1, -0.05) is 58.0 Å². The summed E-state index contributed by atoms with van der Waals surface area (Å²) in [4.78, 5) is 0. The van der Waals surface area contributed by atoms with Crippen molar-refractivity contribution in [1.29, 1.82) is 0 Å². The molecule has 0 fully saturated rings. The van der Waals surface area contributed by atoms with E-state index in [1.54, 1.807) is 0 Å². The molecule has 0 saturated heterocycles. The zero-order valence-corrected chi connectivity index (χ0v) is 12.9. The first kappa shape index (κ1) is 16.2. The predicted molar refractivity (Wildman–Crippen MR) is 82.2 cm³/mol. The van der Waals surface area contributed by atoms with E-state index >= 15 is 0 Å². The fourth-order valence-electron chi connectivity index (χ4n) is 2.20. The van der Waals surface area contributed by atoms with E-state index in [0.29, 0.717) is 12.0 Å². The van der Waals surface area contributed by atoms with E-state index in [0.717, 1.165) is 25.7 Å². The van der Waals surface area contributed by atoms with Crippen LogP contribution in [0.25, 0.3) is 0 Å². The van der Waals surface area contributed by atoms with Crippen LogP contribution in [0.3, 0.4) is 0 Å². The van der Waals surface area contributed by atoms with Gasteiger partial charge in [0.15, 0.2) is 0 Å². The van der Waals surface area contributed by atoms with Gasteiger partial charge in [0.05, 0.1) is 13.2 Å². The van der Waals surface area contributed by atoms with Gasteiger partial charge in [-0.25, -0.2) is 0 Å². The third-order valence-corrected chi connectivity index (χ3v) is 3.08. The van der Waals surface area contributed by atoms with Crippen molar-refractivity contribution in [2.75, 3.05) is 13.2 Å². The Morgan fingerprint density at radius 1 is 1.05 bits per heavy atom. The largest absolute Gasteiger partial charge is 0.376 e. The molecule has 1 atom stereocenters. The summed E-state index contributed by atoms with van der Waals surface area (Å²) in [6.07, 6.45) is 1.22. The molecule has 0 spiro atoms. The maximum atomic E-state index is 5.88. The van der Waals surface area contributed by atoms with Gasteiger partial charge in [0, 0.05) is 12.6 Å². The van der Waals surface area contributed by atoms with Gasteiger partial charge in [0.2, 0.25) is 0 Å². The van der Waals surface area contributed by atoms with Gasteiger partial charge >= 0.3 is 0 Å². The summed E-state index contributed by atoms with van der Waals surface area (Å²) < 4.78 is 5.88. The van der Waals surface area contributed by atoms with Crippen LogP contribution in [-0.2, 0) is 11.3 Å². The van der Waals surface area contributed by atoms with E-state index in [4.69, 9.17) is 4.74 Å². The van der Waals surface area contributed by atoms with Crippen molar-refractivity contribution in [3.8, 4) is 0 Å². The summed E-state index contributed by atoms with van der Waals surface area (Å²) in [6, 6.07) is 10.9. The molecule has 1 rings (SSSR count). The summed E-state index contributed by atoms with van der Waals surface area (Å²) in [5, 5.41) is 3.52. The van der Waals surface area contributed by atoms with Crippen LogP contribution in [0.15, 0.2) is 30.3 Å². The second-order valence-electron chi connectivity index (χ2n) is 6.06. The Kier molecular flexibility index (Phi) is 7.76. The molecule has 0 aliphatic heterocycles. The Hall–Kier alpha value is -0.860. The van der Waals surface area contributed by atoms with Gasteiger partial charge in [-0.3, -0.25) is 0 Å². The zero-order valence-electron chi connectivity index (χ0n) is 12.9. The number of nitrogens with one attached hydrogen (secondary N) is 1. The van der Waals surface area contributed by atoms with E-state index in [9.17, 15) is 0 Å². The SMILES string of the molecule is CC(C)CC(CNC(C)C)COCc1ccccc1. The minimum Gasteiger partial charge on any atom is -0.376 e. The molecule has 2 nitrogen and oxygen atoms in total. The Morgan fingerprint density at radius 3 is 2.32 bits per heavy atom. The Balaban J connectivity index is 2.31. The van der Waals surface area contributed by atoms with Gasteiger partial charge in [-0.15, -0.1) is 0 Å². The van der Waals surface area contributed by atoms with Crippen molar-refractivity contribution in [1.82, 2.24) is 5.32 Å². The second kappa shape index (κ2) is 9.11. The molecule has 0 radical (unpaired) electrons. The molecule has 0 bridgehead atoms.